The highest BCUT2D eigenvalue weighted by Gasteiger charge is 2.25. The standard InChI is InChI=1S/C21H23N5S/c1-13-5-3-6-14(2)26(13)12-17-10-18-19(23)24-20(25-21(18)27-17)16-8-4-7-15(9-16)11-22/h4,7-10,13-14H,3,5-6,12H2,1-2H3,(H2,23,24,25). The zero-order valence-corrected chi connectivity index (χ0v) is 16.5. The van der Waals surface area contributed by atoms with E-state index in [0.717, 1.165) is 22.3 Å². The lowest BCUT2D eigenvalue weighted by atomic mass is 9.97. The summed E-state index contributed by atoms with van der Waals surface area (Å²) in [6.45, 7) is 5.57. The van der Waals surface area contributed by atoms with E-state index in [1.807, 2.05) is 12.1 Å². The first-order chi connectivity index (χ1) is 13.0. The van der Waals surface area contributed by atoms with Crippen molar-refractivity contribution in [2.24, 2.45) is 0 Å². The molecule has 4 rings (SSSR count). The van der Waals surface area contributed by atoms with Crippen LogP contribution in [0.15, 0.2) is 30.3 Å². The number of nitriles is 1. The number of likely N-dealkylation sites (tertiary alicyclic amines) is 1. The van der Waals surface area contributed by atoms with Crippen LogP contribution in [-0.2, 0) is 6.54 Å². The molecular weight excluding hydrogens is 354 g/mol. The second-order valence-electron chi connectivity index (χ2n) is 7.36. The van der Waals surface area contributed by atoms with Gasteiger partial charge in [-0.15, -0.1) is 11.3 Å². The van der Waals surface area contributed by atoms with Gasteiger partial charge in [0.1, 0.15) is 10.6 Å². The highest BCUT2D eigenvalue weighted by Crippen LogP contribution is 2.33. The number of anilines is 1. The lowest BCUT2D eigenvalue weighted by molar-refractivity contribution is 0.0965. The Morgan fingerprint density at radius 1 is 1.22 bits per heavy atom. The fourth-order valence-electron chi connectivity index (χ4n) is 3.89. The average molecular weight is 378 g/mol. The summed E-state index contributed by atoms with van der Waals surface area (Å²) < 4.78 is 0. The Bertz CT molecular complexity index is 1010. The van der Waals surface area contributed by atoms with Crippen LogP contribution in [0.5, 0.6) is 0 Å². The van der Waals surface area contributed by atoms with Crippen molar-refractivity contribution in [2.45, 2.75) is 51.7 Å². The Balaban J connectivity index is 1.68. The number of hydrogen-bond donors (Lipinski definition) is 1. The van der Waals surface area contributed by atoms with Crippen LogP contribution in [0, 0.1) is 11.3 Å². The number of fused-ring (bicyclic) bond motifs is 1. The van der Waals surface area contributed by atoms with Gasteiger partial charge in [0.2, 0.25) is 0 Å². The quantitative estimate of drug-likeness (QED) is 0.723. The summed E-state index contributed by atoms with van der Waals surface area (Å²) in [5.41, 5.74) is 7.65. The van der Waals surface area contributed by atoms with Crippen molar-refractivity contribution in [1.29, 1.82) is 5.26 Å². The van der Waals surface area contributed by atoms with Gasteiger partial charge in [-0.25, -0.2) is 9.97 Å². The zero-order chi connectivity index (χ0) is 19.0. The summed E-state index contributed by atoms with van der Waals surface area (Å²) in [7, 11) is 0. The number of benzene rings is 1. The maximum atomic E-state index is 9.12. The van der Waals surface area contributed by atoms with Crippen LogP contribution in [0.25, 0.3) is 21.6 Å². The molecule has 6 heteroatoms. The fourth-order valence-corrected chi connectivity index (χ4v) is 4.94. The van der Waals surface area contributed by atoms with E-state index < -0.39 is 0 Å². The highest BCUT2D eigenvalue weighted by molar-refractivity contribution is 7.18. The van der Waals surface area contributed by atoms with E-state index in [1.54, 1.807) is 23.5 Å². The maximum absolute atomic E-state index is 9.12. The number of nitrogens with zero attached hydrogens (tertiary/aromatic N) is 4. The van der Waals surface area contributed by atoms with Gasteiger partial charge in [-0.3, -0.25) is 4.90 Å². The summed E-state index contributed by atoms with van der Waals surface area (Å²) in [6.07, 6.45) is 3.84. The summed E-state index contributed by atoms with van der Waals surface area (Å²) in [6, 6.07) is 12.8. The lowest BCUT2D eigenvalue weighted by Crippen LogP contribution is -2.42. The van der Waals surface area contributed by atoms with Crippen LogP contribution in [-0.4, -0.2) is 27.0 Å². The normalized spacial score (nSPS) is 20.6. The van der Waals surface area contributed by atoms with E-state index in [4.69, 9.17) is 16.0 Å². The second-order valence-corrected chi connectivity index (χ2v) is 8.47. The molecular formula is C21H23N5S. The smallest absolute Gasteiger partial charge is 0.163 e. The molecule has 0 aliphatic carbocycles. The van der Waals surface area contributed by atoms with Gasteiger partial charge in [0.15, 0.2) is 5.82 Å². The molecule has 1 saturated heterocycles. The average Bonchev–Trinajstić information content (AvgIpc) is 3.08. The largest absolute Gasteiger partial charge is 0.383 e. The Morgan fingerprint density at radius 2 is 2.00 bits per heavy atom. The topological polar surface area (TPSA) is 78.8 Å². The Kier molecular flexibility index (Phi) is 4.81. The van der Waals surface area contributed by atoms with Gasteiger partial charge in [-0.05, 0) is 44.9 Å². The van der Waals surface area contributed by atoms with Crippen molar-refractivity contribution < 1.29 is 0 Å². The van der Waals surface area contributed by atoms with Gasteiger partial charge in [0, 0.05) is 29.1 Å². The third-order valence-corrected chi connectivity index (χ3v) is 6.45. The fraction of sp³-hybridized carbons (Fsp3) is 0.381. The van der Waals surface area contributed by atoms with Crippen molar-refractivity contribution in [2.75, 3.05) is 5.73 Å². The van der Waals surface area contributed by atoms with Gasteiger partial charge >= 0.3 is 0 Å². The molecule has 2 aromatic heterocycles. The third-order valence-electron chi connectivity index (χ3n) is 5.44. The lowest BCUT2D eigenvalue weighted by Gasteiger charge is -2.38. The number of hydrogen-bond acceptors (Lipinski definition) is 6. The van der Waals surface area contributed by atoms with E-state index >= 15 is 0 Å². The first-order valence-corrected chi connectivity index (χ1v) is 10.2. The molecule has 5 nitrogen and oxygen atoms in total. The number of thiophene rings is 1. The van der Waals surface area contributed by atoms with Crippen LogP contribution >= 0.6 is 11.3 Å². The minimum atomic E-state index is 0.500. The molecule has 0 amide bonds. The van der Waals surface area contributed by atoms with Crippen LogP contribution in [0.3, 0.4) is 0 Å². The van der Waals surface area contributed by atoms with Crippen LogP contribution in [0.2, 0.25) is 0 Å². The van der Waals surface area contributed by atoms with Crippen molar-refractivity contribution in [3.63, 3.8) is 0 Å². The van der Waals surface area contributed by atoms with Crippen LogP contribution < -0.4 is 5.73 Å². The Morgan fingerprint density at radius 3 is 2.74 bits per heavy atom. The zero-order valence-electron chi connectivity index (χ0n) is 15.6. The molecule has 0 bridgehead atoms. The van der Waals surface area contributed by atoms with Crippen molar-refractivity contribution in [3.05, 3.63) is 40.8 Å². The van der Waals surface area contributed by atoms with Gasteiger partial charge in [0.05, 0.1) is 17.0 Å². The number of nitrogen functional groups attached to an aromatic ring is 1. The van der Waals surface area contributed by atoms with E-state index in [-0.39, 0.29) is 0 Å². The molecule has 0 saturated carbocycles. The van der Waals surface area contributed by atoms with E-state index in [0.29, 0.717) is 29.3 Å². The van der Waals surface area contributed by atoms with Crippen LogP contribution in [0.4, 0.5) is 5.82 Å². The maximum Gasteiger partial charge on any atom is 0.163 e. The molecule has 1 aliphatic rings. The molecule has 2 unspecified atom stereocenters. The molecule has 1 fully saturated rings. The van der Waals surface area contributed by atoms with Gasteiger partial charge in [-0.2, -0.15) is 5.26 Å². The van der Waals surface area contributed by atoms with Crippen LogP contribution in [0.1, 0.15) is 43.6 Å². The summed E-state index contributed by atoms with van der Waals surface area (Å²) in [5, 5.41) is 10.0. The van der Waals surface area contributed by atoms with E-state index in [1.165, 1.54) is 24.1 Å². The predicted octanol–water partition coefficient (Wildman–Crippen LogP) is 4.58. The first-order valence-electron chi connectivity index (χ1n) is 9.37. The number of rotatable bonds is 3. The molecule has 27 heavy (non-hydrogen) atoms. The summed E-state index contributed by atoms with van der Waals surface area (Å²) in [4.78, 5) is 14.0. The summed E-state index contributed by atoms with van der Waals surface area (Å²) >= 11 is 1.69. The molecule has 0 spiro atoms. The van der Waals surface area contributed by atoms with E-state index in [9.17, 15) is 0 Å². The molecule has 3 aromatic rings. The SMILES string of the molecule is CC1CCCC(C)N1Cc1cc2c(N)nc(-c3cccc(C#N)c3)nc2s1. The molecule has 138 valence electrons. The molecule has 2 N–H and O–H groups in total. The van der Waals surface area contributed by atoms with Crippen molar-refractivity contribution >= 4 is 27.4 Å². The van der Waals surface area contributed by atoms with Crippen molar-refractivity contribution in [3.8, 4) is 17.5 Å². The first kappa shape index (κ1) is 17.9. The number of aromatic nitrogens is 2. The minimum absolute atomic E-state index is 0.500. The molecule has 2 atom stereocenters. The van der Waals surface area contributed by atoms with Gasteiger partial charge in [-0.1, -0.05) is 18.6 Å². The molecule has 1 aliphatic heterocycles. The van der Waals surface area contributed by atoms with Gasteiger partial charge < -0.3 is 5.73 Å². The van der Waals surface area contributed by atoms with Crippen molar-refractivity contribution in [1.82, 2.24) is 14.9 Å². The monoisotopic (exact) mass is 377 g/mol. The predicted molar refractivity (Wildman–Crippen MR) is 110 cm³/mol. The molecule has 1 aromatic carbocycles. The van der Waals surface area contributed by atoms with Gasteiger partial charge in [0.25, 0.3) is 0 Å². The highest BCUT2D eigenvalue weighted by atomic mass is 32.1. The third kappa shape index (κ3) is 3.53. The summed E-state index contributed by atoms with van der Waals surface area (Å²) in [5.74, 6) is 1.07. The second kappa shape index (κ2) is 7.26. The minimum Gasteiger partial charge on any atom is -0.383 e. The number of nitrogens with two attached hydrogens (primary N) is 1. The molecule has 0 radical (unpaired) electrons. The molecule has 3 heterocycles. The Labute approximate surface area is 163 Å². The van der Waals surface area contributed by atoms with E-state index in [2.05, 4.69) is 35.9 Å². The Hall–Kier alpha value is -2.49. The number of piperidine rings is 1.